The fourth-order valence-electron chi connectivity index (χ4n) is 3.03. The van der Waals surface area contributed by atoms with E-state index in [0.717, 1.165) is 30.9 Å². The van der Waals surface area contributed by atoms with Crippen molar-refractivity contribution in [3.63, 3.8) is 0 Å². The summed E-state index contributed by atoms with van der Waals surface area (Å²) in [6.45, 7) is 6.87. The summed E-state index contributed by atoms with van der Waals surface area (Å²) in [6, 6.07) is 7.90. The van der Waals surface area contributed by atoms with Gasteiger partial charge in [0.2, 0.25) is 0 Å². The van der Waals surface area contributed by atoms with Crippen molar-refractivity contribution in [3.8, 4) is 0 Å². The van der Waals surface area contributed by atoms with Gasteiger partial charge in [-0.05, 0) is 31.5 Å². The maximum absolute atomic E-state index is 12.2. The molecule has 126 valence electrons. The number of rotatable bonds is 4. The van der Waals surface area contributed by atoms with E-state index in [0.29, 0.717) is 5.69 Å². The number of benzene rings is 1. The Morgan fingerprint density at radius 2 is 2.08 bits per heavy atom. The van der Waals surface area contributed by atoms with E-state index in [4.69, 9.17) is 4.74 Å². The van der Waals surface area contributed by atoms with Gasteiger partial charge in [0.25, 0.3) is 5.91 Å². The minimum atomic E-state index is -0.256. The van der Waals surface area contributed by atoms with E-state index in [1.807, 2.05) is 18.2 Å². The molecule has 6 nitrogen and oxygen atoms in total. The molecule has 2 atom stereocenters. The summed E-state index contributed by atoms with van der Waals surface area (Å²) in [5, 5.41) is 2.87. The van der Waals surface area contributed by atoms with Gasteiger partial charge in [-0.3, -0.25) is 14.7 Å². The highest BCUT2D eigenvalue weighted by atomic mass is 16.5. The predicted octanol–water partition coefficient (Wildman–Crippen LogP) is 2.34. The Balaban J connectivity index is 1.65. The number of morpholine rings is 1. The molecule has 1 aliphatic rings. The van der Waals surface area contributed by atoms with Crippen molar-refractivity contribution in [2.24, 2.45) is 0 Å². The van der Waals surface area contributed by atoms with Gasteiger partial charge in [0.1, 0.15) is 5.69 Å². The van der Waals surface area contributed by atoms with Crippen molar-refractivity contribution < 1.29 is 9.53 Å². The van der Waals surface area contributed by atoms with E-state index < -0.39 is 0 Å². The Bertz CT molecular complexity index is 682. The summed E-state index contributed by atoms with van der Waals surface area (Å²) in [6.07, 6.45) is 4.99. The number of anilines is 1. The molecule has 1 saturated heterocycles. The van der Waals surface area contributed by atoms with Crippen molar-refractivity contribution in [1.29, 1.82) is 0 Å². The number of amides is 1. The van der Waals surface area contributed by atoms with Crippen molar-refractivity contribution in [1.82, 2.24) is 14.9 Å². The average molecular weight is 326 g/mol. The van der Waals surface area contributed by atoms with Crippen LogP contribution in [0.2, 0.25) is 0 Å². The zero-order chi connectivity index (χ0) is 16.9. The van der Waals surface area contributed by atoms with Crippen LogP contribution in [0.5, 0.6) is 0 Å². The summed E-state index contributed by atoms with van der Waals surface area (Å²) in [5.41, 5.74) is 2.23. The van der Waals surface area contributed by atoms with Crippen molar-refractivity contribution in [2.45, 2.75) is 32.6 Å². The van der Waals surface area contributed by atoms with Crippen LogP contribution in [-0.4, -0.2) is 46.1 Å². The Hall–Kier alpha value is -2.31. The normalized spacial score (nSPS) is 21.4. The lowest BCUT2D eigenvalue weighted by Gasteiger charge is -2.35. The quantitative estimate of drug-likeness (QED) is 0.934. The number of carbonyl (C=O) groups is 1. The number of nitrogens with one attached hydrogen (secondary N) is 1. The van der Waals surface area contributed by atoms with Crippen LogP contribution in [0.3, 0.4) is 0 Å². The van der Waals surface area contributed by atoms with Gasteiger partial charge in [-0.15, -0.1) is 0 Å². The smallest absolute Gasteiger partial charge is 0.275 e. The first-order valence-corrected chi connectivity index (χ1v) is 8.14. The molecule has 1 amide bonds. The number of hydrogen-bond acceptors (Lipinski definition) is 5. The van der Waals surface area contributed by atoms with Crippen LogP contribution in [-0.2, 0) is 11.3 Å². The number of carbonyl (C=O) groups excluding carboxylic acids is 1. The zero-order valence-corrected chi connectivity index (χ0v) is 14.0. The minimum absolute atomic E-state index is 0.244. The third kappa shape index (κ3) is 4.37. The van der Waals surface area contributed by atoms with E-state index in [1.165, 1.54) is 12.4 Å². The Kier molecular flexibility index (Phi) is 5.17. The molecule has 1 fully saturated rings. The van der Waals surface area contributed by atoms with Crippen LogP contribution in [0, 0.1) is 0 Å². The third-order valence-electron chi connectivity index (χ3n) is 3.88. The van der Waals surface area contributed by atoms with Crippen molar-refractivity contribution >= 4 is 11.6 Å². The first-order chi connectivity index (χ1) is 11.6. The molecular weight excluding hydrogens is 304 g/mol. The van der Waals surface area contributed by atoms with Gasteiger partial charge < -0.3 is 10.1 Å². The van der Waals surface area contributed by atoms with Gasteiger partial charge >= 0.3 is 0 Å². The molecule has 0 aliphatic carbocycles. The highest BCUT2D eigenvalue weighted by molar-refractivity contribution is 6.02. The standard InChI is InChI=1S/C18H22N4O2/c1-13-10-22(11-14(2)24-13)12-15-4-3-5-16(8-15)21-18(23)17-9-19-6-7-20-17/h3-9,13-14H,10-12H2,1-2H3,(H,21,23)/t13-,14+. The van der Waals surface area contributed by atoms with Crippen LogP contribution < -0.4 is 5.32 Å². The second-order valence-corrected chi connectivity index (χ2v) is 6.20. The predicted molar refractivity (Wildman–Crippen MR) is 91.7 cm³/mol. The number of hydrogen-bond donors (Lipinski definition) is 1. The second-order valence-electron chi connectivity index (χ2n) is 6.20. The maximum Gasteiger partial charge on any atom is 0.275 e. The molecule has 1 aliphatic heterocycles. The van der Waals surface area contributed by atoms with Crippen LogP contribution >= 0.6 is 0 Å². The second kappa shape index (κ2) is 7.51. The lowest BCUT2D eigenvalue weighted by molar-refractivity contribution is -0.0704. The minimum Gasteiger partial charge on any atom is -0.373 e. The van der Waals surface area contributed by atoms with E-state index in [2.05, 4.69) is 40.1 Å². The van der Waals surface area contributed by atoms with Crippen LogP contribution in [0.15, 0.2) is 42.9 Å². The average Bonchev–Trinajstić information content (AvgIpc) is 2.55. The lowest BCUT2D eigenvalue weighted by Crippen LogP contribution is -2.44. The van der Waals surface area contributed by atoms with E-state index in [1.54, 1.807) is 6.20 Å². The van der Waals surface area contributed by atoms with Gasteiger partial charge in [-0.1, -0.05) is 12.1 Å². The first-order valence-electron chi connectivity index (χ1n) is 8.14. The highest BCUT2D eigenvalue weighted by Gasteiger charge is 2.22. The third-order valence-corrected chi connectivity index (χ3v) is 3.88. The van der Waals surface area contributed by atoms with Gasteiger partial charge in [0.15, 0.2) is 0 Å². The van der Waals surface area contributed by atoms with Crippen LogP contribution in [0.4, 0.5) is 5.69 Å². The molecule has 2 heterocycles. The summed E-state index contributed by atoms with van der Waals surface area (Å²) in [5.74, 6) is -0.256. The molecule has 0 radical (unpaired) electrons. The molecule has 1 aromatic carbocycles. The zero-order valence-electron chi connectivity index (χ0n) is 14.0. The van der Waals surface area contributed by atoms with Crippen molar-refractivity contribution in [3.05, 3.63) is 54.1 Å². The summed E-state index contributed by atoms with van der Waals surface area (Å²) >= 11 is 0. The molecule has 2 aromatic rings. The molecule has 0 saturated carbocycles. The van der Waals surface area contributed by atoms with Gasteiger partial charge in [-0.2, -0.15) is 0 Å². The monoisotopic (exact) mass is 326 g/mol. The van der Waals surface area contributed by atoms with Crippen molar-refractivity contribution in [2.75, 3.05) is 18.4 Å². The largest absolute Gasteiger partial charge is 0.373 e. The maximum atomic E-state index is 12.2. The molecule has 0 unspecified atom stereocenters. The topological polar surface area (TPSA) is 67.4 Å². The number of nitrogens with zero attached hydrogens (tertiary/aromatic N) is 3. The molecule has 24 heavy (non-hydrogen) atoms. The fourth-order valence-corrected chi connectivity index (χ4v) is 3.03. The van der Waals surface area contributed by atoms with Gasteiger partial charge in [0, 0.05) is 37.7 Å². The SMILES string of the molecule is C[C@@H]1CN(Cc2cccc(NC(=O)c3cnccn3)c2)C[C@H](C)O1. The molecular formula is C18H22N4O2. The fraction of sp³-hybridized carbons (Fsp3) is 0.389. The summed E-state index contributed by atoms with van der Waals surface area (Å²) in [4.78, 5) is 22.5. The Morgan fingerprint density at radius 3 is 2.79 bits per heavy atom. The van der Waals surface area contributed by atoms with E-state index in [9.17, 15) is 4.79 Å². The highest BCUT2D eigenvalue weighted by Crippen LogP contribution is 2.17. The Labute approximate surface area is 141 Å². The summed E-state index contributed by atoms with van der Waals surface area (Å²) in [7, 11) is 0. The lowest BCUT2D eigenvalue weighted by atomic mass is 10.1. The molecule has 6 heteroatoms. The first kappa shape index (κ1) is 16.5. The Morgan fingerprint density at radius 1 is 1.29 bits per heavy atom. The molecule has 0 spiro atoms. The van der Waals surface area contributed by atoms with E-state index >= 15 is 0 Å². The van der Waals surface area contributed by atoms with Gasteiger partial charge in [0.05, 0.1) is 18.4 Å². The molecule has 3 rings (SSSR count). The molecule has 1 N–H and O–H groups in total. The number of aromatic nitrogens is 2. The molecule has 1 aromatic heterocycles. The number of ether oxygens (including phenoxy) is 1. The van der Waals surface area contributed by atoms with E-state index in [-0.39, 0.29) is 18.1 Å². The van der Waals surface area contributed by atoms with Crippen LogP contribution in [0.25, 0.3) is 0 Å². The molecule has 0 bridgehead atoms. The summed E-state index contributed by atoms with van der Waals surface area (Å²) < 4.78 is 5.77. The van der Waals surface area contributed by atoms with Crippen LogP contribution in [0.1, 0.15) is 29.9 Å². The van der Waals surface area contributed by atoms with Gasteiger partial charge in [-0.25, -0.2) is 4.98 Å².